The van der Waals surface area contributed by atoms with E-state index in [1.165, 1.54) is 0 Å². The van der Waals surface area contributed by atoms with Crippen LogP contribution in [0.3, 0.4) is 0 Å². The third-order valence-corrected chi connectivity index (χ3v) is 4.96. The van der Waals surface area contributed by atoms with Crippen LogP contribution < -0.4 is 0 Å². The second kappa shape index (κ2) is 6.91. The molecule has 1 fully saturated rings. The van der Waals surface area contributed by atoms with Crippen molar-refractivity contribution in [1.29, 1.82) is 0 Å². The number of H-pyrrole nitrogens is 1. The Morgan fingerprint density at radius 3 is 2.84 bits per heavy atom. The van der Waals surface area contributed by atoms with E-state index in [9.17, 15) is 4.79 Å². The number of nitrogens with one attached hydrogen (secondary N) is 1. The van der Waals surface area contributed by atoms with E-state index in [-0.39, 0.29) is 16.8 Å². The van der Waals surface area contributed by atoms with Gasteiger partial charge in [0.05, 0.1) is 13.2 Å². The zero-order valence-corrected chi connectivity index (χ0v) is 14.8. The first-order valence-electron chi connectivity index (χ1n) is 7.79. The van der Waals surface area contributed by atoms with Crippen molar-refractivity contribution < 1.29 is 13.9 Å². The van der Waals surface area contributed by atoms with Crippen molar-refractivity contribution >= 4 is 29.5 Å². The van der Waals surface area contributed by atoms with Gasteiger partial charge in [0.1, 0.15) is 6.10 Å². The van der Waals surface area contributed by atoms with Gasteiger partial charge in [-0.15, -0.1) is 5.10 Å². The minimum Gasteiger partial charge on any atom is -0.409 e. The molecule has 0 bridgehead atoms. The number of ether oxygens (including phenoxy) is 1. The Labute approximate surface area is 153 Å². The lowest BCUT2D eigenvalue weighted by Gasteiger charge is -2.32. The van der Waals surface area contributed by atoms with Crippen LogP contribution in [-0.2, 0) is 4.74 Å². The maximum absolute atomic E-state index is 12.8. The summed E-state index contributed by atoms with van der Waals surface area (Å²) in [6, 6.07) is 9.20. The smallest absolute Gasteiger partial charge is 0.284 e. The average Bonchev–Trinajstić information content (AvgIpc) is 3.33. The number of thiophene rings is 1. The number of benzene rings is 1. The number of rotatable bonds is 3. The van der Waals surface area contributed by atoms with Crippen LogP contribution in [0.4, 0.5) is 0 Å². The van der Waals surface area contributed by atoms with Crippen molar-refractivity contribution in [2.45, 2.75) is 6.10 Å². The summed E-state index contributed by atoms with van der Waals surface area (Å²) in [5, 5.41) is 10.7. The summed E-state index contributed by atoms with van der Waals surface area (Å²) in [5.74, 6) is 0.408. The van der Waals surface area contributed by atoms with Crippen LogP contribution in [0.25, 0.3) is 11.5 Å². The monoisotopic (exact) mass is 373 g/mol. The molecule has 1 atom stereocenters. The second-order valence-corrected chi connectivity index (χ2v) is 6.81. The van der Waals surface area contributed by atoms with Gasteiger partial charge in [-0.1, -0.05) is 0 Å². The molecule has 6 nitrogen and oxygen atoms in total. The number of aromatic amines is 1. The molecule has 0 aliphatic carbocycles. The van der Waals surface area contributed by atoms with Crippen LogP contribution in [0.1, 0.15) is 22.0 Å². The van der Waals surface area contributed by atoms with Crippen molar-refractivity contribution in [3.8, 4) is 11.5 Å². The molecule has 1 amide bonds. The third-order valence-electron chi connectivity index (χ3n) is 4.09. The molecule has 0 radical (unpaired) electrons. The molecule has 1 aromatic carbocycles. The Hall–Kier alpha value is -2.29. The lowest BCUT2D eigenvalue weighted by Crippen LogP contribution is -2.42. The van der Waals surface area contributed by atoms with E-state index in [4.69, 9.17) is 21.4 Å². The van der Waals surface area contributed by atoms with Gasteiger partial charge in [-0.25, -0.2) is 5.10 Å². The van der Waals surface area contributed by atoms with Gasteiger partial charge in [0.25, 0.3) is 10.7 Å². The van der Waals surface area contributed by atoms with Gasteiger partial charge in [0.15, 0.2) is 0 Å². The quantitative estimate of drug-likeness (QED) is 0.709. The van der Waals surface area contributed by atoms with Crippen LogP contribution >= 0.6 is 23.6 Å². The van der Waals surface area contributed by atoms with Crippen molar-refractivity contribution in [2.75, 3.05) is 19.7 Å². The lowest BCUT2D eigenvalue weighted by molar-refractivity contribution is -0.0226. The van der Waals surface area contributed by atoms with Crippen molar-refractivity contribution in [3.05, 3.63) is 57.1 Å². The van der Waals surface area contributed by atoms with Gasteiger partial charge in [-0.05, 0) is 58.9 Å². The van der Waals surface area contributed by atoms with Crippen LogP contribution in [0.15, 0.2) is 45.5 Å². The zero-order valence-electron chi connectivity index (χ0n) is 13.2. The molecule has 1 aliphatic heterocycles. The number of carbonyl (C=O) groups is 1. The van der Waals surface area contributed by atoms with Crippen molar-refractivity contribution in [2.24, 2.45) is 0 Å². The van der Waals surface area contributed by atoms with E-state index in [1.54, 1.807) is 35.6 Å². The molecule has 0 spiro atoms. The number of hydrogen-bond acceptors (Lipinski definition) is 6. The van der Waals surface area contributed by atoms with Crippen LogP contribution in [0.2, 0.25) is 0 Å². The summed E-state index contributed by atoms with van der Waals surface area (Å²) in [6.07, 6.45) is -0.0587. The van der Waals surface area contributed by atoms with Gasteiger partial charge >= 0.3 is 0 Å². The standard InChI is InChI=1S/C17H15N3O3S2/c21-16(20-6-7-22-14(9-20)13-5-8-25-10-13)12-3-1-11(2-4-12)15-18-19-17(24)23-15/h1-5,8,10,14H,6-7,9H2,(H,19,24)/t14-/m1/s1. The summed E-state index contributed by atoms with van der Waals surface area (Å²) in [7, 11) is 0. The number of morpholine rings is 1. The van der Waals surface area contributed by atoms with Gasteiger partial charge in [-0.3, -0.25) is 4.79 Å². The SMILES string of the molecule is O=C(c1ccc(-c2n[nH]c(=S)o2)cc1)N1CCO[C@@H](c2ccsc2)C1. The minimum absolute atomic E-state index is 0.00185. The maximum atomic E-state index is 12.8. The first-order chi connectivity index (χ1) is 12.2. The first-order valence-corrected chi connectivity index (χ1v) is 9.15. The largest absolute Gasteiger partial charge is 0.409 e. The molecule has 0 unspecified atom stereocenters. The van der Waals surface area contributed by atoms with Crippen LogP contribution in [0.5, 0.6) is 0 Å². The topological polar surface area (TPSA) is 71.4 Å². The van der Waals surface area contributed by atoms with E-state index >= 15 is 0 Å². The molecule has 25 heavy (non-hydrogen) atoms. The molecule has 1 saturated heterocycles. The Morgan fingerprint density at radius 1 is 1.32 bits per heavy atom. The molecule has 1 N–H and O–H groups in total. The molecular formula is C17H15N3O3S2. The lowest BCUT2D eigenvalue weighted by atomic mass is 10.1. The fraction of sp³-hybridized carbons (Fsp3) is 0.235. The summed E-state index contributed by atoms with van der Waals surface area (Å²) >= 11 is 6.51. The van der Waals surface area contributed by atoms with E-state index in [0.29, 0.717) is 31.2 Å². The fourth-order valence-corrected chi connectivity index (χ4v) is 3.61. The maximum Gasteiger partial charge on any atom is 0.284 e. The number of amides is 1. The highest BCUT2D eigenvalue weighted by atomic mass is 32.1. The Balaban J connectivity index is 1.49. The molecule has 0 saturated carbocycles. The molecule has 2 aromatic heterocycles. The normalized spacial score (nSPS) is 17.6. The van der Waals surface area contributed by atoms with Crippen molar-refractivity contribution in [3.63, 3.8) is 0 Å². The molecule has 1 aliphatic rings. The average molecular weight is 373 g/mol. The molecule has 128 valence electrons. The highest BCUT2D eigenvalue weighted by molar-refractivity contribution is 7.71. The van der Waals surface area contributed by atoms with Crippen LogP contribution in [-0.4, -0.2) is 40.7 Å². The Morgan fingerprint density at radius 2 is 2.16 bits per heavy atom. The third kappa shape index (κ3) is 3.41. The number of nitrogens with zero attached hydrogens (tertiary/aromatic N) is 2. The van der Waals surface area contributed by atoms with E-state index in [1.807, 2.05) is 16.3 Å². The van der Waals surface area contributed by atoms with E-state index < -0.39 is 0 Å². The molecule has 8 heteroatoms. The van der Waals surface area contributed by atoms with Gasteiger partial charge in [-0.2, -0.15) is 11.3 Å². The molecular weight excluding hydrogens is 358 g/mol. The summed E-state index contributed by atoms with van der Waals surface area (Å²) in [6.45, 7) is 1.69. The van der Waals surface area contributed by atoms with Gasteiger partial charge in [0.2, 0.25) is 5.89 Å². The zero-order chi connectivity index (χ0) is 17.2. The highest BCUT2D eigenvalue weighted by Gasteiger charge is 2.26. The fourth-order valence-electron chi connectivity index (χ4n) is 2.78. The van der Waals surface area contributed by atoms with Gasteiger partial charge < -0.3 is 14.1 Å². The predicted molar refractivity (Wildman–Crippen MR) is 96.0 cm³/mol. The van der Waals surface area contributed by atoms with Gasteiger partial charge in [0, 0.05) is 17.7 Å². The summed E-state index contributed by atoms with van der Waals surface area (Å²) in [5.41, 5.74) is 2.52. The van der Waals surface area contributed by atoms with Crippen LogP contribution in [0, 0.1) is 4.84 Å². The molecule has 4 rings (SSSR count). The molecule has 3 aromatic rings. The predicted octanol–water partition coefficient (Wildman–Crippen LogP) is 3.67. The Kier molecular flexibility index (Phi) is 4.48. The van der Waals surface area contributed by atoms with E-state index in [2.05, 4.69) is 15.6 Å². The van der Waals surface area contributed by atoms with Crippen molar-refractivity contribution in [1.82, 2.24) is 15.1 Å². The van der Waals surface area contributed by atoms with E-state index in [0.717, 1.165) is 11.1 Å². The number of hydrogen-bond donors (Lipinski definition) is 1. The second-order valence-electron chi connectivity index (χ2n) is 5.66. The first kappa shape index (κ1) is 16.2. The highest BCUT2D eigenvalue weighted by Crippen LogP contribution is 2.25. The number of carbonyl (C=O) groups excluding carboxylic acids is 1. The number of aromatic nitrogens is 2. The molecule has 3 heterocycles. The Bertz CT molecular complexity index is 915. The summed E-state index contributed by atoms with van der Waals surface area (Å²) < 4.78 is 11.1. The summed E-state index contributed by atoms with van der Waals surface area (Å²) in [4.78, 5) is 14.8. The minimum atomic E-state index is -0.0587.